The summed E-state index contributed by atoms with van der Waals surface area (Å²) in [7, 11) is 0. The van der Waals surface area contributed by atoms with E-state index in [4.69, 9.17) is 5.11 Å². The third kappa shape index (κ3) is 6.20. The fourth-order valence-corrected chi connectivity index (χ4v) is 2.53. The highest BCUT2D eigenvalue weighted by molar-refractivity contribution is 5.66. The number of carboxylic acids is 1. The zero-order chi connectivity index (χ0) is 15.0. The highest BCUT2D eigenvalue weighted by atomic mass is 16.4. The topological polar surface area (TPSA) is 49.3 Å². The zero-order valence-corrected chi connectivity index (χ0v) is 12.8. The van der Waals surface area contributed by atoms with Crippen LogP contribution in [0.5, 0.6) is 0 Å². The highest BCUT2D eigenvalue weighted by Crippen LogP contribution is 2.13. The van der Waals surface area contributed by atoms with E-state index in [1.165, 1.54) is 5.56 Å². The Morgan fingerprint density at radius 3 is 2.40 bits per heavy atom. The quantitative estimate of drug-likeness (QED) is 0.726. The molecule has 0 aromatic heterocycles. The summed E-state index contributed by atoms with van der Waals surface area (Å²) in [4.78, 5) is 10.8. The van der Waals surface area contributed by atoms with Crippen molar-refractivity contribution in [2.45, 2.75) is 58.5 Å². The molecule has 0 saturated carbocycles. The average molecular weight is 277 g/mol. The van der Waals surface area contributed by atoms with Gasteiger partial charge in [-0.05, 0) is 30.7 Å². The van der Waals surface area contributed by atoms with Crippen LogP contribution in [0.15, 0.2) is 30.3 Å². The first-order chi connectivity index (χ1) is 9.52. The fourth-order valence-electron chi connectivity index (χ4n) is 2.53. The molecular formula is C17H27NO2. The molecule has 1 rings (SSSR count). The Morgan fingerprint density at radius 1 is 1.25 bits per heavy atom. The molecule has 20 heavy (non-hydrogen) atoms. The van der Waals surface area contributed by atoms with Crippen LogP contribution in [0.4, 0.5) is 0 Å². The van der Waals surface area contributed by atoms with Crippen LogP contribution in [0.2, 0.25) is 0 Å². The molecular weight excluding hydrogens is 250 g/mol. The summed E-state index contributed by atoms with van der Waals surface area (Å²) in [5.41, 5.74) is 1.26. The monoisotopic (exact) mass is 277 g/mol. The van der Waals surface area contributed by atoms with Crippen LogP contribution in [0.3, 0.4) is 0 Å². The predicted octanol–water partition coefficient (Wildman–Crippen LogP) is 3.49. The van der Waals surface area contributed by atoms with Crippen LogP contribution >= 0.6 is 0 Å². The van der Waals surface area contributed by atoms with Crippen LogP contribution in [0.25, 0.3) is 0 Å². The second kappa shape index (κ2) is 8.75. The van der Waals surface area contributed by atoms with E-state index in [1.54, 1.807) is 0 Å². The molecule has 3 nitrogen and oxygen atoms in total. The van der Waals surface area contributed by atoms with E-state index in [9.17, 15) is 4.79 Å². The largest absolute Gasteiger partial charge is 0.481 e. The molecule has 0 aliphatic carbocycles. The van der Waals surface area contributed by atoms with Gasteiger partial charge in [-0.1, -0.05) is 51.1 Å². The molecule has 0 spiro atoms. The number of benzene rings is 1. The van der Waals surface area contributed by atoms with Gasteiger partial charge in [0.1, 0.15) is 0 Å². The Morgan fingerprint density at radius 2 is 1.90 bits per heavy atom. The lowest BCUT2D eigenvalue weighted by Crippen LogP contribution is -2.42. The van der Waals surface area contributed by atoms with E-state index >= 15 is 0 Å². The maximum Gasteiger partial charge on any atom is 0.303 e. The molecule has 0 amide bonds. The van der Waals surface area contributed by atoms with Crippen molar-refractivity contribution >= 4 is 5.97 Å². The molecule has 2 N–H and O–H groups in total. The van der Waals surface area contributed by atoms with Gasteiger partial charge >= 0.3 is 5.97 Å². The van der Waals surface area contributed by atoms with Crippen molar-refractivity contribution in [3.8, 4) is 0 Å². The van der Waals surface area contributed by atoms with Gasteiger partial charge in [0.25, 0.3) is 0 Å². The van der Waals surface area contributed by atoms with Crippen molar-refractivity contribution in [3.63, 3.8) is 0 Å². The Hall–Kier alpha value is -1.35. The van der Waals surface area contributed by atoms with Crippen LogP contribution in [-0.2, 0) is 11.2 Å². The molecule has 0 aliphatic rings. The molecule has 0 heterocycles. The summed E-state index contributed by atoms with van der Waals surface area (Å²) in [5, 5.41) is 12.5. The van der Waals surface area contributed by atoms with Gasteiger partial charge < -0.3 is 10.4 Å². The van der Waals surface area contributed by atoms with Crippen LogP contribution in [0, 0.1) is 5.92 Å². The zero-order valence-electron chi connectivity index (χ0n) is 12.8. The van der Waals surface area contributed by atoms with Crippen LogP contribution in [0.1, 0.15) is 45.6 Å². The van der Waals surface area contributed by atoms with Crippen molar-refractivity contribution in [2.75, 3.05) is 0 Å². The first-order valence-electron chi connectivity index (χ1n) is 7.54. The Kier molecular flexibility index (Phi) is 7.31. The van der Waals surface area contributed by atoms with E-state index in [0.29, 0.717) is 18.4 Å². The maximum absolute atomic E-state index is 10.8. The van der Waals surface area contributed by atoms with Crippen molar-refractivity contribution in [2.24, 2.45) is 5.92 Å². The van der Waals surface area contributed by atoms with Gasteiger partial charge in [0, 0.05) is 18.5 Å². The second-order valence-electron chi connectivity index (χ2n) is 5.74. The van der Waals surface area contributed by atoms with Gasteiger partial charge in [0.05, 0.1) is 0 Å². The van der Waals surface area contributed by atoms with Gasteiger partial charge in [0.15, 0.2) is 0 Å². The molecule has 0 aliphatic heterocycles. The molecule has 3 heteroatoms. The second-order valence-corrected chi connectivity index (χ2v) is 5.74. The standard InChI is InChI=1S/C17H27NO2/c1-4-16(13(2)3)18-15(10-11-17(19)20)12-14-8-6-5-7-9-14/h5-9,13,15-16,18H,4,10-12H2,1-3H3,(H,19,20). The third-order valence-electron chi connectivity index (χ3n) is 3.73. The molecule has 0 fully saturated rings. The molecule has 112 valence electrons. The molecule has 0 saturated heterocycles. The smallest absolute Gasteiger partial charge is 0.303 e. The number of carbonyl (C=O) groups is 1. The Bertz CT molecular complexity index is 389. The Labute approximate surface area is 122 Å². The number of carboxylic acid groups (broad SMARTS) is 1. The van der Waals surface area contributed by atoms with Gasteiger partial charge in [0.2, 0.25) is 0 Å². The number of rotatable bonds is 9. The van der Waals surface area contributed by atoms with Crippen molar-refractivity contribution < 1.29 is 9.90 Å². The van der Waals surface area contributed by atoms with Crippen molar-refractivity contribution in [3.05, 3.63) is 35.9 Å². The lowest BCUT2D eigenvalue weighted by molar-refractivity contribution is -0.137. The highest BCUT2D eigenvalue weighted by Gasteiger charge is 2.18. The molecule has 1 aromatic rings. The lowest BCUT2D eigenvalue weighted by Gasteiger charge is -2.27. The summed E-state index contributed by atoms with van der Waals surface area (Å²) in [6.07, 6.45) is 2.85. The van der Waals surface area contributed by atoms with E-state index < -0.39 is 5.97 Å². The van der Waals surface area contributed by atoms with E-state index in [0.717, 1.165) is 12.8 Å². The number of hydrogen-bond donors (Lipinski definition) is 2. The van der Waals surface area contributed by atoms with Gasteiger partial charge in [-0.15, -0.1) is 0 Å². The number of nitrogens with one attached hydrogen (secondary N) is 1. The normalized spacial score (nSPS) is 14.2. The minimum Gasteiger partial charge on any atom is -0.481 e. The maximum atomic E-state index is 10.8. The molecule has 2 unspecified atom stereocenters. The average Bonchev–Trinajstić information content (AvgIpc) is 2.42. The predicted molar refractivity (Wildman–Crippen MR) is 82.9 cm³/mol. The Balaban J connectivity index is 2.66. The van der Waals surface area contributed by atoms with Crippen LogP contribution in [-0.4, -0.2) is 23.2 Å². The van der Waals surface area contributed by atoms with E-state index in [1.807, 2.05) is 18.2 Å². The summed E-state index contributed by atoms with van der Waals surface area (Å²) in [6, 6.07) is 10.9. The fraction of sp³-hybridized carbons (Fsp3) is 0.588. The number of hydrogen-bond acceptors (Lipinski definition) is 2. The van der Waals surface area contributed by atoms with Crippen molar-refractivity contribution in [1.82, 2.24) is 5.32 Å². The summed E-state index contributed by atoms with van der Waals surface area (Å²) >= 11 is 0. The molecule has 0 bridgehead atoms. The first-order valence-corrected chi connectivity index (χ1v) is 7.54. The SMILES string of the molecule is CCC(NC(CCC(=O)O)Cc1ccccc1)C(C)C. The lowest BCUT2D eigenvalue weighted by atomic mass is 9.96. The number of aliphatic carboxylic acids is 1. The van der Waals surface area contributed by atoms with E-state index in [2.05, 4.69) is 38.2 Å². The van der Waals surface area contributed by atoms with Crippen molar-refractivity contribution in [1.29, 1.82) is 0 Å². The van der Waals surface area contributed by atoms with Gasteiger partial charge in [-0.2, -0.15) is 0 Å². The van der Waals surface area contributed by atoms with Crippen LogP contribution < -0.4 is 5.32 Å². The third-order valence-corrected chi connectivity index (χ3v) is 3.73. The van der Waals surface area contributed by atoms with E-state index in [-0.39, 0.29) is 12.5 Å². The summed E-state index contributed by atoms with van der Waals surface area (Å²) in [6.45, 7) is 6.59. The van der Waals surface area contributed by atoms with Gasteiger partial charge in [-0.3, -0.25) is 4.79 Å². The first kappa shape index (κ1) is 16.7. The summed E-state index contributed by atoms with van der Waals surface area (Å²) in [5.74, 6) is -0.162. The summed E-state index contributed by atoms with van der Waals surface area (Å²) < 4.78 is 0. The van der Waals surface area contributed by atoms with Gasteiger partial charge in [-0.25, -0.2) is 0 Å². The minimum atomic E-state index is -0.720. The molecule has 2 atom stereocenters. The molecule has 0 radical (unpaired) electrons. The minimum absolute atomic E-state index is 0.221. The molecule has 1 aromatic carbocycles.